The summed E-state index contributed by atoms with van der Waals surface area (Å²) in [7, 11) is 0. The first-order valence-corrected chi connectivity index (χ1v) is 5.72. The third-order valence-electron chi connectivity index (χ3n) is 2.00. The van der Waals surface area contributed by atoms with Crippen molar-refractivity contribution in [2.75, 3.05) is 0 Å². The van der Waals surface area contributed by atoms with E-state index in [4.69, 9.17) is 4.74 Å². The van der Waals surface area contributed by atoms with E-state index in [-0.39, 0.29) is 5.56 Å². The smallest absolute Gasteiger partial charge is 0.268 e. The van der Waals surface area contributed by atoms with Crippen molar-refractivity contribution in [3.8, 4) is 11.6 Å². The van der Waals surface area contributed by atoms with Crippen molar-refractivity contribution in [3.05, 3.63) is 50.1 Å². The van der Waals surface area contributed by atoms with Gasteiger partial charge in [0.15, 0.2) is 0 Å². The van der Waals surface area contributed by atoms with Crippen molar-refractivity contribution in [3.63, 3.8) is 0 Å². The molecule has 0 saturated carbocycles. The SMILES string of the molecule is Cc1ccc(Oc2nc[nH]c(=O)c2I)cc1. The zero-order valence-electron chi connectivity index (χ0n) is 8.53. The molecule has 0 fully saturated rings. The molecule has 0 spiro atoms. The fourth-order valence-electron chi connectivity index (χ4n) is 1.16. The van der Waals surface area contributed by atoms with Gasteiger partial charge in [-0.15, -0.1) is 0 Å². The number of ether oxygens (including phenoxy) is 1. The molecule has 0 amide bonds. The number of nitrogens with one attached hydrogen (secondary N) is 1. The second-order valence-corrected chi connectivity index (χ2v) is 4.34. The molecule has 0 saturated heterocycles. The fourth-order valence-corrected chi connectivity index (χ4v) is 1.56. The Hall–Kier alpha value is -1.37. The molecule has 5 heteroatoms. The zero-order chi connectivity index (χ0) is 11.5. The summed E-state index contributed by atoms with van der Waals surface area (Å²) in [6.45, 7) is 2.00. The summed E-state index contributed by atoms with van der Waals surface area (Å²) in [5.41, 5.74) is 0.957. The molecule has 0 aliphatic heterocycles. The summed E-state index contributed by atoms with van der Waals surface area (Å²) >= 11 is 1.91. The first kappa shape index (κ1) is 11.1. The van der Waals surface area contributed by atoms with Crippen LogP contribution in [0.25, 0.3) is 0 Å². The summed E-state index contributed by atoms with van der Waals surface area (Å²) in [6, 6.07) is 7.56. The van der Waals surface area contributed by atoms with Gasteiger partial charge in [0.1, 0.15) is 9.32 Å². The maximum atomic E-state index is 11.3. The number of H-pyrrole nitrogens is 1. The molecular formula is C11H9IN2O2. The summed E-state index contributed by atoms with van der Waals surface area (Å²) in [4.78, 5) is 17.8. The van der Waals surface area contributed by atoms with E-state index in [1.807, 2.05) is 53.8 Å². The molecule has 0 radical (unpaired) electrons. The average molecular weight is 328 g/mol. The van der Waals surface area contributed by atoms with Crippen LogP contribution in [-0.2, 0) is 0 Å². The van der Waals surface area contributed by atoms with E-state index in [0.717, 1.165) is 5.56 Å². The quantitative estimate of drug-likeness (QED) is 0.862. The number of halogens is 1. The van der Waals surface area contributed by atoms with Crippen LogP contribution in [0, 0.1) is 10.5 Å². The third kappa shape index (κ3) is 2.41. The highest BCUT2D eigenvalue weighted by Gasteiger charge is 2.07. The third-order valence-corrected chi connectivity index (χ3v) is 2.95. The largest absolute Gasteiger partial charge is 0.438 e. The lowest BCUT2D eigenvalue weighted by Gasteiger charge is -2.05. The Bertz CT molecular complexity index is 549. The fraction of sp³-hybridized carbons (Fsp3) is 0.0909. The number of aryl methyl sites for hydroxylation is 1. The second kappa shape index (κ2) is 4.65. The number of aromatic nitrogens is 2. The van der Waals surface area contributed by atoms with E-state index in [0.29, 0.717) is 15.2 Å². The first-order chi connectivity index (χ1) is 7.66. The molecule has 0 aliphatic rings. The predicted octanol–water partition coefficient (Wildman–Crippen LogP) is 2.48. The number of aromatic amines is 1. The molecule has 2 aromatic rings. The van der Waals surface area contributed by atoms with Gasteiger partial charge in [0.25, 0.3) is 5.56 Å². The lowest BCUT2D eigenvalue weighted by Crippen LogP contribution is -2.11. The summed E-state index contributed by atoms with van der Waals surface area (Å²) in [5, 5.41) is 0. The van der Waals surface area contributed by atoms with E-state index in [2.05, 4.69) is 9.97 Å². The van der Waals surface area contributed by atoms with E-state index in [1.54, 1.807) is 0 Å². The molecule has 1 aromatic heterocycles. The van der Waals surface area contributed by atoms with Crippen molar-refractivity contribution in [1.82, 2.24) is 9.97 Å². The lowest BCUT2D eigenvalue weighted by molar-refractivity contribution is 0.456. The highest BCUT2D eigenvalue weighted by molar-refractivity contribution is 14.1. The molecule has 0 bridgehead atoms. The van der Waals surface area contributed by atoms with Gasteiger partial charge < -0.3 is 9.72 Å². The van der Waals surface area contributed by atoms with E-state index in [9.17, 15) is 4.79 Å². The predicted molar refractivity (Wildman–Crippen MR) is 68.8 cm³/mol. The van der Waals surface area contributed by atoms with Crippen molar-refractivity contribution in [2.24, 2.45) is 0 Å². The van der Waals surface area contributed by atoms with Crippen LogP contribution in [0.3, 0.4) is 0 Å². The van der Waals surface area contributed by atoms with Crippen molar-refractivity contribution >= 4 is 22.6 Å². The zero-order valence-corrected chi connectivity index (χ0v) is 10.7. The number of nitrogens with zero attached hydrogens (tertiary/aromatic N) is 1. The molecule has 0 unspecified atom stereocenters. The van der Waals surface area contributed by atoms with Crippen LogP contribution in [0.5, 0.6) is 11.6 Å². The minimum Gasteiger partial charge on any atom is -0.438 e. The van der Waals surface area contributed by atoms with Crippen molar-refractivity contribution in [1.29, 1.82) is 0 Å². The molecule has 1 heterocycles. The van der Waals surface area contributed by atoms with Crippen LogP contribution in [0.1, 0.15) is 5.56 Å². The Balaban J connectivity index is 2.30. The Morgan fingerprint density at radius 2 is 2.00 bits per heavy atom. The number of rotatable bonds is 2. The lowest BCUT2D eigenvalue weighted by atomic mass is 10.2. The molecule has 2 rings (SSSR count). The van der Waals surface area contributed by atoms with E-state index in [1.165, 1.54) is 6.33 Å². The van der Waals surface area contributed by atoms with Gasteiger partial charge in [0, 0.05) is 0 Å². The van der Waals surface area contributed by atoms with Gasteiger partial charge in [0.05, 0.1) is 6.33 Å². The van der Waals surface area contributed by atoms with Crippen LogP contribution in [0.4, 0.5) is 0 Å². The Morgan fingerprint density at radius 3 is 2.69 bits per heavy atom. The van der Waals surface area contributed by atoms with Gasteiger partial charge in [-0.3, -0.25) is 4.79 Å². The van der Waals surface area contributed by atoms with E-state index < -0.39 is 0 Å². The van der Waals surface area contributed by atoms with Crippen molar-refractivity contribution in [2.45, 2.75) is 6.92 Å². The topological polar surface area (TPSA) is 55.0 Å². The molecular weight excluding hydrogens is 319 g/mol. The number of hydrogen-bond acceptors (Lipinski definition) is 3. The summed E-state index contributed by atoms with van der Waals surface area (Å²) in [6.07, 6.45) is 1.33. The van der Waals surface area contributed by atoms with Gasteiger partial charge in [-0.05, 0) is 41.6 Å². The second-order valence-electron chi connectivity index (χ2n) is 3.27. The van der Waals surface area contributed by atoms with Gasteiger partial charge in [-0.25, -0.2) is 4.98 Å². The molecule has 82 valence electrons. The Labute approximate surface area is 106 Å². The highest BCUT2D eigenvalue weighted by atomic mass is 127. The molecule has 1 N–H and O–H groups in total. The first-order valence-electron chi connectivity index (χ1n) is 4.64. The minimum atomic E-state index is -0.197. The standard InChI is InChI=1S/C11H9IN2O2/c1-7-2-4-8(5-3-7)16-11-9(12)10(15)13-6-14-11/h2-6H,1H3,(H,13,14,15). The van der Waals surface area contributed by atoms with Gasteiger partial charge in [-0.1, -0.05) is 17.7 Å². The molecule has 4 nitrogen and oxygen atoms in total. The summed E-state index contributed by atoms with van der Waals surface area (Å²) < 4.78 is 5.95. The number of benzene rings is 1. The van der Waals surface area contributed by atoms with Gasteiger partial charge >= 0.3 is 0 Å². The normalized spacial score (nSPS) is 10.1. The maximum Gasteiger partial charge on any atom is 0.268 e. The summed E-state index contributed by atoms with van der Waals surface area (Å²) in [5.74, 6) is 0.995. The van der Waals surface area contributed by atoms with Crippen LogP contribution in [0.15, 0.2) is 35.4 Å². The molecule has 16 heavy (non-hydrogen) atoms. The molecule has 0 aliphatic carbocycles. The Morgan fingerprint density at radius 1 is 1.31 bits per heavy atom. The maximum absolute atomic E-state index is 11.3. The monoisotopic (exact) mass is 328 g/mol. The van der Waals surface area contributed by atoms with Gasteiger partial charge in [-0.2, -0.15) is 0 Å². The van der Waals surface area contributed by atoms with Crippen LogP contribution < -0.4 is 10.3 Å². The average Bonchev–Trinajstić information content (AvgIpc) is 2.28. The highest BCUT2D eigenvalue weighted by Crippen LogP contribution is 2.21. The van der Waals surface area contributed by atoms with Crippen LogP contribution >= 0.6 is 22.6 Å². The van der Waals surface area contributed by atoms with Crippen LogP contribution in [0.2, 0.25) is 0 Å². The van der Waals surface area contributed by atoms with E-state index >= 15 is 0 Å². The van der Waals surface area contributed by atoms with Crippen molar-refractivity contribution < 1.29 is 4.74 Å². The minimum absolute atomic E-state index is 0.197. The number of hydrogen-bond donors (Lipinski definition) is 1. The molecule has 0 atom stereocenters. The Kier molecular flexibility index (Phi) is 3.23. The van der Waals surface area contributed by atoms with Crippen LogP contribution in [-0.4, -0.2) is 9.97 Å². The molecule has 1 aromatic carbocycles. The van der Waals surface area contributed by atoms with Gasteiger partial charge in [0.2, 0.25) is 5.88 Å².